The monoisotopic (exact) mass is 310 g/mol. The summed E-state index contributed by atoms with van der Waals surface area (Å²) in [6.07, 6.45) is -0.291. The molecule has 114 valence electrons. The summed E-state index contributed by atoms with van der Waals surface area (Å²) in [6, 6.07) is 6.41. The van der Waals surface area contributed by atoms with Gasteiger partial charge in [0.15, 0.2) is 6.29 Å². The molecule has 0 bridgehead atoms. The number of halogens is 1. The molecule has 0 aliphatic carbocycles. The van der Waals surface area contributed by atoms with Crippen LogP contribution in [0.2, 0.25) is 0 Å². The molecule has 0 saturated carbocycles. The number of methoxy groups -OCH3 is 2. The number of aromatic nitrogens is 1. The highest BCUT2D eigenvalue weighted by atomic mass is 32.1. The largest absolute Gasteiger partial charge is 0.354 e. The van der Waals surface area contributed by atoms with Gasteiger partial charge >= 0.3 is 0 Å². The van der Waals surface area contributed by atoms with E-state index in [4.69, 9.17) is 9.47 Å². The molecule has 4 nitrogen and oxygen atoms in total. The summed E-state index contributed by atoms with van der Waals surface area (Å²) < 4.78 is 23.3. The molecular formula is C15H19FN2O2S. The van der Waals surface area contributed by atoms with Gasteiger partial charge in [0.05, 0.1) is 11.7 Å². The Bertz CT molecular complexity index is 555. The lowest BCUT2D eigenvalue weighted by Crippen LogP contribution is -2.39. The summed E-state index contributed by atoms with van der Waals surface area (Å²) in [5, 5.41) is 6.19. The first-order valence-electron chi connectivity index (χ1n) is 6.63. The molecule has 0 amide bonds. The molecule has 0 radical (unpaired) electrons. The van der Waals surface area contributed by atoms with E-state index < -0.39 is 0 Å². The van der Waals surface area contributed by atoms with Gasteiger partial charge in [0, 0.05) is 31.7 Å². The lowest BCUT2D eigenvalue weighted by atomic mass is 10.2. The summed E-state index contributed by atoms with van der Waals surface area (Å²) in [7, 11) is 3.23. The van der Waals surface area contributed by atoms with E-state index in [1.54, 1.807) is 37.7 Å². The number of hydrogen-bond donors (Lipinski definition) is 1. The molecule has 21 heavy (non-hydrogen) atoms. The van der Waals surface area contributed by atoms with Crippen LogP contribution in [0.5, 0.6) is 0 Å². The second kappa shape index (κ2) is 7.61. The first-order chi connectivity index (χ1) is 10.1. The molecule has 1 aromatic carbocycles. The summed E-state index contributed by atoms with van der Waals surface area (Å²) >= 11 is 1.54. The standard InChI is InChI=1S/C15H19FN2O2S/c1-10(15(19-2)20-3)17-8-13-9-21-14(18-13)11-4-6-12(16)7-5-11/h4-7,9-10,15,17H,8H2,1-3H3. The predicted molar refractivity (Wildman–Crippen MR) is 81.6 cm³/mol. The average molecular weight is 310 g/mol. The van der Waals surface area contributed by atoms with Crippen molar-refractivity contribution < 1.29 is 13.9 Å². The molecule has 0 aliphatic heterocycles. The van der Waals surface area contributed by atoms with Crippen molar-refractivity contribution in [3.63, 3.8) is 0 Å². The van der Waals surface area contributed by atoms with Crippen molar-refractivity contribution >= 4 is 11.3 Å². The maximum Gasteiger partial charge on any atom is 0.171 e. The van der Waals surface area contributed by atoms with Gasteiger partial charge in [-0.3, -0.25) is 0 Å². The molecule has 2 rings (SSSR count). The Balaban J connectivity index is 1.96. The highest BCUT2D eigenvalue weighted by molar-refractivity contribution is 7.13. The molecule has 1 heterocycles. The molecular weight excluding hydrogens is 291 g/mol. The van der Waals surface area contributed by atoms with Gasteiger partial charge in [0.2, 0.25) is 0 Å². The van der Waals surface area contributed by atoms with E-state index in [0.29, 0.717) is 6.54 Å². The van der Waals surface area contributed by atoms with Crippen LogP contribution in [0.1, 0.15) is 12.6 Å². The fourth-order valence-electron chi connectivity index (χ4n) is 1.98. The zero-order valence-corrected chi connectivity index (χ0v) is 13.1. The lowest BCUT2D eigenvalue weighted by Gasteiger charge is -2.21. The highest BCUT2D eigenvalue weighted by Crippen LogP contribution is 2.23. The second-order valence-corrected chi connectivity index (χ2v) is 5.52. The van der Waals surface area contributed by atoms with Crippen LogP contribution in [0.15, 0.2) is 29.6 Å². The summed E-state index contributed by atoms with van der Waals surface area (Å²) in [4.78, 5) is 4.55. The van der Waals surface area contributed by atoms with E-state index in [2.05, 4.69) is 10.3 Å². The second-order valence-electron chi connectivity index (χ2n) is 4.66. The van der Waals surface area contributed by atoms with E-state index in [1.165, 1.54) is 12.1 Å². The number of ether oxygens (including phenoxy) is 2. The minimum absolute atomic E-state index is 0.0518. The van der Waals surface area contributed by atoms with E-state index in [9.17, 15) is 4.39 Å². The topological polar surface area (TPSA) is 43.4 Å². The predicted octanol–water partition coefficient (Wildman–Crippen LogP) is 3.05. The minimum atomic E-state index is -0.291. The smallest absolute Gasteiger partial charge is 0.171 e. The molecule has 0 fully saturated rings. The van der Waals surface area contributed by atoms with Crippen LogP contribution in [0.25, 0.3) is 10.6 Å². The van der Waals surface area contributed by atoms with Crippen molar-refractivity contribution in [3.8, 4) is 10.6 Å². The van der Waals surface area contributed by atoms with Crippen molar-refractivity contribution in [2.75, 3.05) is 14.2 Å². The zero-order chi connectivity index (χ0) is 15.2. The van der Waals surface area contributed by atoms with E-state index in [1.807, 2.05) is 12.3 Å². The lowest BCUT2D eigenvalue weighted by molar-refractivity contribution is -0.119. The van der Waals surface area contributed by atoms with E-state index in [0.717, 1.165) is 16.3 Å². The molecule has 1 N–H and O–H groups in total. The van der Waals surface area contributed by atoms with Gasteiger partial charge in [-0.05, 0) is 31.2 Å². The SMILES string of the molecule is COC(OC)C(C)NCc1csc(-c2ccc(F)cc2)n1. The molecule has 1 unspecified atom stereocenters. The fourth-order valence-corrected chi connectivity index (χ4v) is 2.81. The van der Waals surface area contributed by atoms with Gasteiger partial charge < -0.3 is 14.8 Å². The van der Waals surface area contributed by atoms with Crippen LogP contribution >= 0.6 is 11.3 Å². The zero-order valence-electron chi connectivity index (χ0n) is 12.3. The van der Waals surface area contributed by atoms with E-state index in [-0.39, 0.29) is 18.1 Å². The van der Waals surface area contributed by atoms with Crippen molar-refractivity contribution in [1.29, 1.82) is 0 Å². The molecule has 1 aromatic heterocycles. The number of nitrogens with zero attached hydrogens (tertiary/aromatic N) is 1. The van der Waals surface area contributed by atoms with Gasteiger partial charge in [-0.25, -0.2) is 9.37 Å². The van der Waals surface area contributed by atoms with Gasteiger partial charge in [0.1, 0.15) is 10.8 Å². The highest BCUT2D eigenvalue weighted by Gasteiger charge is 2.15. The summed E-state index contributed by atoms with van der Waals surface area (Å²) in [6.45, 7) is 2.62. The Morgan fingerprint density at radius 1 is 1.24 bits per heavy atom. The Labute approximate surface area is 127 Å². The number of rotatable bonds is 7. The molecule has 2 aromatic rings. The molecule has 0 spiro atoms. The summed E-state index contributed by atoms with van der Waals surface area (Å²) in [5.41, 5.74) is 1.87. The van der Waals surface area contributed by atoms with Crippen LogP contribution in [0.3, 0.4) is 0 Å². The normalized spacial score (nSPS) is 12.8. The summed E-state index contributed by atoms with van der Waals surface area (Å²) in [5.74, 6) is -0.240. The number of benzene rings is 1. The van der Waals surface area contributed by atoms with Crippen molar-refractivity contribution in [1.82, 2.24) is 10.3 Å². The third-order valence-electron chi connectivity index (χ3n) is 3.12. The third-order valence-corrected chi connectivity index (χ3v) is 4.06. The average Bonchev–Trinajstić information content (AvgIpc) is 2.96. The van der Waals surface area contributed by atoms with Crippen LogP contribution < -0.4 is 5.32 Å². The van der Waals surface area contributed by atoms with Crippen LogP contribution in [0, 0.1) is 5.82 Å². The van der Waals surface area contributed by atoms with Gasteiger partial charge in [-0.1, -0.05) is 0 Å². The third kappa shape index (κ3) is 4.31. The van der Waals surface area contributed by atoms with Crippen LogP contribution in [-0.2, 0) is 16.0 Å². The Hall–Kier alpha value is -1.34. The van der Waals surface area contributed by atoms with Gasteiger partial charge in [-0.2, -0.15) is 0 Å². The van der Waals surface area contributed by atoms with E-state index >= 15 is 0 Å². The maximum atomic E-state index is 12.9. The first kappa shape index (κ1) is 16.0. The van der Waals surface area contributed by atoms with Crippen molar-refractivity contribution in [2.24, 2.45) is 0 Å². The van der Waals surface area contributed by atoms with Crippen molar-refractivity contribution in [3.05, 3.63) is 41.2 Å². The maximum absolute atomic E-state index is 12.9. The number of nitrogens with one attached hydrogen (secondary N) is 1. The fraction of sp³-hybridized carbons (Fsp3) is 0.400. The molecule has 0 aliphatic rings. The van der Waals surface area contributed by atoms with Crippen molar-refractivity contribution in [2.45, 2.75) is 25.8 Å². The molecule has 0 saturated heterocycles. The number of hydrogen-bond acceptors (Lipinski definition) is 5. The molecule has 1 atom stereocenters. The molecule has 6 heteroatoms. The Morgan fingerprint density at radius 3 is 2.52 bits per heavy atom. The van der Waals surface area contributed by atoms with Crippen LogP contribution in [0.4, 0.5) is 4.39 Å². The first-order valence-corrected chi connectivity index (χ1v) is 7.51. The van der Waals surface area contributed by atoms with Crippen LogP contribution in [-0.4, -0.2) is 31.5 Å². The van der Waals surface area contributed by atoms with Gasteiger partial charge in [0.25, 0.3) is 0 Å². The Kier molecular flexibility index (Phi) is 5.81. The Morgan fingerprint density at radius 2 is 1.90 bits per heavy atom. The quantitative estimate of drug-likeness (QED) is 0.798. The van der Waals surface area contributed by atoms with Gasteiger partial charge in [-0.15, -0.1) is 11.3 Å². The number of thiazole rings is 1. The minimum Gasteiger partial charge on any atom is -0.354 e.